The van der Waals surface area contributed by atoms with Gasteiger partial charge in [-0.15, -0.1) is 0 Å². The lowest BCUT2D eigenvalue weighted by Gasteiger charge is -2.56. The van der Waals surface area contributed by atoms with E-state index in [-0.39, 0.29) is 22.6 Å². The highest BCUT2D eigenvalue weighted by Gasteiger charge is 2.51. The molecule has 0 spiro atoms. The Labute approximate surface area is 218 Å². The van der Waals surface area contributed by atoms with Gasteiger partial charge in [0, 0.05) is 23.8 Å². The third-order valence-corrected chi connectivity index (χ3v) is 9.06. The smallest absolute Gasteiger partial charge is 0.287 e. The van der Waals surface area contributed by atoms with Crippen molar-refractivity contribution in [3.05, 3.63) is 52.1 Å². The number of hydrogen-bond acceptors (Lipinski definition) is 4. The molecule has 7 nitrogen and oxygen atoms in total. The normalized spacial score (nSPS) is 26.1. The van der Waals surface area contributed by atoms with Gasteiger partial charge in [0.2, 0.25) is 0 Å². The van der Waals surface area contributed by atoms with Crippen molar-refractivity contribution in [3.8, 4) is 16.9 Å². The fourth-order valence-electron chi connectivity index (χ4n) is 7.83. The number of nitrogens with one attached hydrogen (secondary N) is 1. The fourth-order valence-corrected chi connectivity index (χ4v) is 7.83. The Bertz CT molecular complexity index is 1350. The number of aryl methyl sites for hydroxylation is 2. The molecule has 1 aromatic carbocycles. The molecule has 4 aliphatic carbocycles. The predicted molar refractivity (Wildman–Crippen MR) is 144 cm³/mol. The molecule has 196 valence electrons. The molecule has 0 unspecified atom stereocenters. The molecule has 0 aliphatic heterocycles. The van der Waals surface area contributed by atoms with Crippen molar-refractivity contribution in [2.24, 2.45) is 17.8 Å². The molecule has 2 aromatic heterocycles. The summed E-state index contributed by atoms with van der Waals surface area (Å²) in [5, 5.41) is 8.06. The molecule has 7 rings (SSSR count). The second kappa shape index (κ2) is 9.34. The van der Waals surface area contributed by atoms with E-state index in [0.29, 0.717) is 0 Å². The first-order valence-electron chi connectivity index (χ1n) is 14.0. The van der Waals surface area contributed by atoms with Crippen molar-refractivity contribution in [2.45, 2.75) is 83.7 Å². The van der Waals surface area contributed by atoms with Crippen molar-refractivity contribution in [1.29, 1.82) is 0 Å². The number of amides is 1. The average molecular weight is 503 g/mol. The highest BCUT2D eigenvalue weighted by atomic mass is 16.5. The highest BCUT2D eigenvalue weighted by Crippen LogP contribution is 2.55. The van der Waals surface area contributed by atoms with Crippen LogP contribution in [-0.2, 0) is 6.54 Å². The monoisotopic (exact) mass is 502 g/mol. The summed E-state index contributed by atoms with van der Waals surface area (Å²) in [6, 6.07) is 7.84. The first-order valence-corrected chi connectivity index (χ1v) is 14.0. The number of hydrogen-bond donors (Lipinski definition) is 1. The Morgan fingerprint density at radius 3 is 2.32 bits per heavy atom. The zero-order valence-corrected chi connectivity index (χ0v) is 22.3. The zero-order valence-electron chi connectivity index (χ0n) is 22.3. The number of carbonyl (C=O) groups excluding carboxylic acids is 1. The van der Waals surface area contributed by atoms with Gasteiger partial charge >= 0.3 is 0 Å². The van der Waals surface area contributed by atoms with Crippen LogP contribution in [0.25, 0.3) is 16.8 Å². The minimum absolute atomic E-state index is 0.144. The standard InChI is InChI=1S/C30H38N4O3/c1-4-5-6-11-33-18-25(27(35)31-30-15-20-12-21(16-30)14-22(13-20)17-30)29(36)34-28(33)26(19(2)32-34)23-7-9-24(37-3)10-8-23/h7-10,18,20-22H,4-6,11-17H2,1-3H3,(H,31,35). The molecular weight excluding hydrogens is 464 g/mol. The second-order valence-corrected chi connectivity index (χ2v) is 11.8. The number of methoxy groups -OCH3 is 1. The fraction of sp³-hybridized carbons (Fsp3) is 0.567. The molecule has 4 saturated carbocycles. The highest BCUT2D eigenvalue weighted by molar-refractivity contribution is 5.95. The van der Waals surface area contributed by atoms with Gasteiger partial charge < -0.3 is 14.6 Å². The van der Waals surface area contributed by atoms with E-state index in [1.807, 2.05) is 31.2 Å². The van der Waals surface area contributed by atoms with Crippen LogP contribution in [0.3, 0.4) is 0 Å². The Morgan fingerprint density at radius 2 is 1.73 bits per heavy atom. The minimum Gasteiger partial charge on any atom is -0.497 e. The first-order chi connectivity index (χ1) is 17.9. The Morgan fingerprint density at radius 1 is 1.08 bits per heavy atom. The Kier molecular flexibility index (Phi) is 6.12. The molecule has 4 fully saturated rings. The maximum absolute atomic E-state index is 13.7. The number of nitrogens with zero attached hydrogens (tertiary/aromatic N) is 3. The summed E-state index contributed by atoms with van der Waals surface area (Å²) in [7, 11) is 1.65. The molecule has 7 heteroatoms. The van der Waals surface area contributed by atoms with Crippen LogP contribution in [0.5, 0.6) is 5.75 Å². The molecule has 37 heavy (non-hydrogen) atoms. The van der Waals surface area contributed by atoms with Gasteiger partial charge in [-0.25, -0.2) is 0 Å². The third-order valence-electron chi connectivity index (χ3n) is 9.06. The molecule has 0 saturated heterocycles. The van der Waals surface area contributed by atoms with Crippen LogP contribution in [-0.4, -0.2) is 32.7 Å². The predicted octanol–water partition coefficient (Wildman–Crippen LogP) is 5.37. The molecule has 0 atom stereocenters. The lowest BCUT2D eigenvalue weighted by molar-refractivity contribution is -0.0167. The number of unbranched alkanes of at least 4 members (excludes halogenated alkanes) is 2. The van der Waals surface area contributed by atoms with Gasteiger partial charge in [0.1, 0.15) is 17.0 Å². The summed E-state index contributed by atoms with van der Waals surface area (Å²) in [4.78, 5) is 27.5. The van der Waals surface area contributed by atoms with Crippen molar-refractivity contribution in [2.75, 3.05) is 7.11 Å². The maximum Gasteiger partial charge on any atom is 0.287 e. The van der Waals surface area contributed by atoms with Crippen LogP contribution in [0.15, 0.2) is 35.3 Å². The Balaban J connectivity index is 1.41. The van der Waals surface area contributed by atoms with Crippen LogP contribution in [0.1, 0.15) is 80.8 Å². The summed E-state index contributed by atoms with van der Waals surface area (Å²) >= 11 is 0. The summed E-state index contributed by atoms with van der Waals surface area (Å²) in [6.07, 6.45) is 12.0. The van der Waals surface area contributed by atoms with E-state index < -0.39 is 0 Å². The van der Waals surface area contributed by atoms with Crippen molar-refractivity contribution in [1.82, 2.24) is 19.5 Å². The molecule has 4 bridgehead atoms. The minimum atomic E-state index is -0.341. The Hall–Kier alpha value is -3.09. The van der Waals surface area contributed by atoms with Gasteiger partial charge in [0.25, 0.3) is 11.5 Å². The number of rotatable bonds is 8. The number of carbonyl (C=O) groups is 1. The molecule has 4 aliphatic rings. The lowest BCUT2D eigenvalue weighted by atomic mass is 9.53. The van der Waals surface area contributed by atoms with Gasteiger partial charge in [0.05, 0.1) is 12.8 Å². The third kappa shape index (κ3) is 4.26. The summed E-state index contributed by atoms with van der Waals surface area (Å²) in [5.41, 5.74) is 3.12. The van der Waals surface area contributed by atoms with Gasteiger partial charge in [-0.05, 0) is 87.3 Å². The molecule has 3 aromatic rings. The molecule has 0 radical (unpaired) electrons. The molecule has 1 amide bonds. The summed E-state index contributed by atoms with van der Waals surface area (Å²) in [5.74, 6) is 2.71. The van der Waals surface area contributed by atoms with Crippen LogP contribution in [0, 0.1) is 24.7 Å². The molecule has 2 heterocycles. The quantitative estimate of drug-likeness (QED) is 0.420. The second-order valence-electron chi connectivity index (χ2n) is 11.8. The maximum atomic E-state index is 13.7. The summed E-state index contributed by atoms with van der Waals surface area (Å²) < 4.78 is 8.86. The average Bonchev–Trinajstić information content (AvgIpc) is 3.22. The van der Waals surface area contributed by atoms with Gasteiger partial charge in [-0.3, -0.25) is 9.59 Å². The van der Waals surface area contributed by atoms with Crippen LogP contribution in [0.4, 0.5) is 0 Å². The molecular formula is C30H38N4O3. The number of fused-ring (bicyclic) bond motifs is 1. The van der Waals surface area contributed by atoms with Gasteiger partial charge in [0.15, 0.2) is 0 Å². The topological polar surface area (TPSA) is 77.6 Å². The summed E-state index contributed by atoms with van der Waals surface area (Å²) in [6.45, 7) is 4.83. The van der Waals surface area contributed by atoms with Crippen LogP contribution < -0.4 is 15.6 Å². The number of aromatic nitrogens is 3. The number of ether oxygens (including phenoxy) is 1. The van der Waals surface area contributed by atoms with E-state index in [1.165, 1.54) is 23.8 Å². The van der Waals surface area contributed by atoms with Crippen molar-refractivity contribution in [3.63, 3.8) is 0 Å². The molecule has 1 N–H and O–H groups in total. The van der Waals surface area contributed by atoms with Crippen LogP contribution in [0.2, 0.25) is 0 Å². The van der Waals surface area contributed by atoms with Crippen molar-refractivity contribution < 1.29 is 9.53 Å². The van der Waals surface area contributed by atoms with E-state index in [0.717, 1.165) is 91.0 Å². The van der Waals surface area contributed by atoms with E-state index in [2.05, 4.69) is 21.9 Å². The van der Waals surface area contributed by atoms with E-state index in [9.17, 15) is 9.59 Å². The van der Waals surface area contributed by atoms with Crippen molar-refractivity contribution >= 4 is 11.6 Å². The van der Waals surface area contributed by atoms with E-state index in [1.54, 1.807) is 13.3 Å². The number of benzene rings is 1. The van der Waals surface area contributed by atoms with E-state index >= 15 is 0 Å². The first kappa shape index (κ1) is 24.3. The zero-order chi connectivity index (χ0) is 25.7. The van der Waals surface area contributed by atoms with Crippen LogP contribution >= 0.6 is 0 Å². The lowest BCUT2D eigenvalue weighted by Crippen LogP contribution is -2.60. The van der Waals surface area contributed by atoms with E-state index in [4.69, 9.17) is 4.74 Å². The van der Waals surface area contributed by atoms with Gasteiger partial charge in [-0.1, -0.05) is 31.9 Å². The largest absolute Gasteiger partial charge is 0.497 e. The SMILES string of the molecule is CCCCCn1cc(C(=O)NC23CC4CC(CC(C4)C2)C3)c(=O)n2nc(C)c(-c3ccc(OC)cc3)c12. The van der Waals surface area contributed by atoms with Gasteiger partial charge in [-0.2, -0.15) is 9.61 Å².